The maximum atomic E-state index is 12.3. The molecule has 3 aromatic rings. The van der Waals surface area contributed by atoms with E-state index in [-0.39, 0.29) is 11.0 Å². The van der Waals surface area contributed by atoms with Gasteiger partial charge in [-0.15, -0.1) is 0 Å². The van der Waals surface area contributed by atoms with Gasteiger partial charge < -0.3 is 10.2 Å². The third kappa shape index (κ3) is 7.51. The Labute approximate surface area is 219 Å². The molecule has 4 rings (SSSR count). The van der Waals surface area contributed by atoms with Crippen LogP contribution in [0, 0.1) is 0 Å². The molecular weight excluding hydrogens is 464 g/mol. The van der Waals surface area contributed by atoms with Crippen LogP contribution >= 0.6 is 12.2 Å². The molecule has 1 saturated heterocycles. The Morgan fingerprint density at radius 1 is 0.917 bits per heavy atom. The van der Waals surface area contributed by atoms with Crippen molar-refractivity contribution in [2.45, 2.75) is 26.3 Å². The van der Waals surface area contributed by atoms with Gasteiger partial charge in [-0.2, -0.15) is 0 Å². The molecule has 0 unspecified atom stereocenters. The molecule has 3 aromatic carbocycles. The largest absolute Gasteiger partial charge is 0.369 e. The summed E-state index contributed by atoms with van der Waals surface area (Å²) in [7, 11) is 0. The summed E-state index contributed by atoms with van der Waals surface area (Å²) in [6.07, 6.45) is 3.29. The molecule has 186 valence electrons. The zero-order chi connectivity index (χ0) is 25.3. The number of anilines is 2. The molecule has 0 bridgehead atoms. The smallest absolute Gasteiger partial charge is 0.250 e. The van der Waals surface area contributed by atoms with Gasteiger partial charge in [0.15, 0.2) is 5.11 Å². The summed E-state index contributed by atoms with van der Waals surface area (Å²) in [6, 6.07) is 27.0. The van der Waals surface area contributed by atoms with Crippen molar-refractivity contribution in [1.82, 2.24) is 10.2 Å². The Bertz CT molecular complexity index is 1170. The lowest BCUT2D eigenvalue weighted by Gasteiger charge is -2.36. The van der Waals surface area contributed by atoms with E-state index in [4.69, 9.17) is 12.2 Å². The van der Waals surface area contributed by atoms with Crippen molar-refractivity contribution in [3.8, 4) is 0 Å². The van der Waals surface area contributed by atoms with Gasteiger partial charge in [0.05, 0.1) is 0 Å². The fourth-order valence-electron chi connectivity index (χ4n) is 4.24. The average Bonchev–Trinajstić information content (AvgIpc) is 2.89. The van der Waals surface area contributed by atoms with Crippen LogP contribution in [-0.4, -0.2) is 42.1 Å². The molecule has 5 nitrogen and oxygen atoms in total. The van der Waals surface area contributed by atoms with Gasteiger partial charge in [-0.3, -0.25) is 15.0 Å². The highest BCUT2D eigenvalue weighted by molar-refractivity contribution is 7.80. The first-order valence-electron chi connectivity index (χ1n) is 12.5. The van der Waals surface area contributed by atoms with Crippen LogP contribution in [0.25, 0.3) is 6.08 Å². The summed E-state index contributed by atoms with van der Waals surface area (Å²) >= 11 is 5.32. The number of nitrogens with zero attached hydrogens (tertiary/aromatic N) is 2. The van der Waals surface area contributed by atoms with Crippen LogP contribution in [0.15, 0.2) is 84.9 Å². The number of benzene rings is 3. The van der Waals surface area contributed by atoms with Gasteiger partial charge in [0.2, 0.25) is 5.91 Å². The molecule has 0 radical (unpaired) electrons. The molecule has 6 heteroatoms. The second kappa shape index (κ2) is 12.5. The summed E-state index contributed by atoms with van der Waals surface area (Å²) in [5.41, 5.74) is 5.66. The molecule has 0 saturated carbocycles. The molecule has 1 aliphatic heterocycles. The summed E-state index contributed by atoms with van der Waals surface area (Å²) in [5.74, 6) is 0.226. The quantitative estimate of drug-likeness (QED) is 0.325. The molecule has 2 N–H and O–H groups in total. The maximum Gasteiger partial charge on any atom is 0.250 e. The zero-order valence-electron chi connectivity index (χ0n) is 21.0. The SMILES string of the molecule is CC(C)c1ccc(/C=C/C(=O)NC(=S)Nc2ccc(N3CCN(Cc4ccccc4)CC3)cc2)cc1. The lowest BCUT2D eigenvalue weighted by Crippen LogP contribution is -2.45. The van der Waals surface area contributed by atoms with Crippen molar-refractivity contribution in [2.24, 2.45) is 0 Å². The number of thiocarbonyl (C=S) groups is 1. The molecule has 1 amide bonds. The van der Waals surface area contributed by atoms with Crippen molar-refractivity contribution < 1.29 is 4.79 Å². The number of carbonyl (C=O) groups excluding carboxylic acids is 1. The number of nitrogens with one attached hydrogen (secondary N) is 2. The monoisotopic (exact) mass is 498 g/mol. The Morgan fingerprint density at radius 3 is 2.22 bits per heavy atom. The van der Waals surface area contributed by atoms with Crippen molar-refractivity contribution in [3.05, 3.63) is 102 Å². The summed E-state index contributed by atoms with van der Waals surface area (Å²) < 4.78 is 0. The second-order valence-corrected chi connectivity index (χ2v) is 9.80. The van der Waals surface area contributed by atoms with Crippen LogP contribution in [0.2, 0.25) is 0 Å². The van der Waals surface area contributed by atoms with Crippen LogP contribution in [-0.2, 0) is 11.3 Å². The first kappa shape index (κ1) is 25.6. The van der Waals surface area contributed by atoms with Crippen molar-refractivity contribution in [1.29, 1.82) is 0 Å². The molecule has 0 aromatic heterocycles. The van der Waals surface area contributed by atoms with Gasteiger partial charge in [-0.05, 0) is 65.2 Å². The molecule has 1 heterocycles. The van der Waals surface area contributed by atoms with E-state index >= 15 is 0 Å². The second-order valence-electron chi connectivity index (χ2n) is 9.39. The predicted octanol–water partition coefficient (Wildman–Crippen LogP) is 5.66. The first-order valence-corrected chi connectivity index (χ1v) is 12.9. The lowest BCUT2D eigenvalue weighted by atomic mass is 10.0. The Balaban J connectivity index is 1.21. The Morgan fingerprint density at radius 2 is 1.58 bits per heavy atom. The Kier molecular flexibility index (Phi) is 8.87. The topological polar surface area (TPSA) is 47.6 Å². The molecular formula is C30H34N4OS. The van der Waals surface area contributed by atoms with E-state index < -0.39 is 0 Å². The number of rotatable bonds is 7. The maximum absolute atomic E-state index is 12.3. The van der Waals surface area contributed by atoms with Crippen molar-refractivity contribution in [3.63, 3.8) is 0 Å². The Hall–Kier alpha value is -3.48. The van der Waals surface area contributed by atoms with Crippen LogP contribution in [0.3, 0.4) is 0 Å². The lowest BCUT2D eigenvalue weighted by molar-refractivity contribution is -0.115. The summed E-state index contributed by atoms with van der Waals surface area (Å²) in [6.45, 7) is 9.41. The average molecular weight is 499 g/mol. The number of carbonyl (C=O) groups is 1. The third-order valence-corrected chi connectivity index (χ3v) is 6.58. The molecule has 0 spiro atoms. The van der Waals surface area contributed by atoms with Gasteiger partial charge in [-0.25, -0.2) is 0 Å². The van der Waals surface area contributed by atoms with E-state index in [1.807, 2.05) is 24.3 Å². The first-order chi connectivity index (χ1) is 17.5. The number of hydrogen-bond donors (Lipinski definition) is 2. The van der Waals surface area contributed by atoms with E-state index in [0.29, 0.717) is 5.92 Å². The summed E-state index contributed by atoms with van der Waals surface area (Å²) in [4.78, 5) is 17.2. The van der Waals surface area contributed by atoms with Gasteiger partial charge >= 0.3 is 0 Å². The van der Waals surface area contributed by atoms with Gasteiger partial charge in [-0.1, -0.05) is 68.4 Å². The minimum atomic E-state index is -0.259. The van der Waals surface area contributed by atoms with Crippen LogP contribution in [0.1, 0.15) is 36.5 Å². The highest BCUT2D eigenvalue weighted by Crippen LogP contribution is 2.20. The number of hydrogen-bond acceptors (Lipinski definition) is 4. The highest BCUT2D eigenvalue weighted by Gasteiger charge is 2.17. The van der Waals surface area contributed by atoms with Gasteiger partial charge in [0, 0.05) is 50.2 Å². The van der Waals surface area contributed by atoms with Crippen LogP contribution in [0.5, 0.6) is 0 Å². The van der Waals surface area contributed by atoms with Crippen LogP contribution in [0.4, 0.5) is 11.4 Å². The molecule has 1 aliphatic rings. The highest BCUT2D eigenvalue weighted by atomic mass is 32.1. The van der Waals surface area contributed by atoms with Crippen LogP contribution < -0.4 is 15.5 Å². The number of piperazine rings is 1. The fraction of sp³-hybridized carbons (Fsp3) is 0.267. The van der Waals surface area contributed by atoms with Crippen molar-refractivity contribution in [2.75, 3.05) is 36.4 Å². The molecule has 0 atom stereocenters. The van der Waals surface area contributed by atoms with E-state index in [9.17, 15) is 4.79 Å². The minimum absolute atomic E-state index is 0.259. The fourth-order valence-corrected chi connectivity index (χ4v) is 4.46. The third-order valence-electron chi connectivity index (χ3n) is 6.38. The van der Waals surface area contributed by atoms with Gasteiger partial charge in [0.1, 0.15) is 0 Å². The molecule has 0 aliphatic carbocycles. The normalized spacial score (nSPS) is 14.2. The minimum Gasteiger partial charge on any atom is -0.369 e. The van der Waals surface area contributed by atoms with Gasteiger partial charge in [0.25, 0.3) is 0 Å². The van der Waals surface area contributed by atoms with E-state index in [1.54, 1.807) is 6.08 Å². The number of amides is 1. The molecule has 36 heavy (non-hydrogen) atoms. The van der Waals surface area contributed by atoms with E-state index in [0.717, 1.165) is 44.0 Å². The van der Waals surface area contributed by atoms with E-state index in [2.05, 4.69) is 88.9 Å². The van der Waals surface area contributed by atoms with Crippen molar-refractivity contribution >= 4 is 40.7 Å². The summed E-state index contributed by atoms with van der Waals surface area (Å²) in [5, 5.41) is 6.08. The zero-order valence-corrected chi connectivity index (χ0v) is 21.8. The predicted molar refractivity (Wildman–Crippen MR) is 154 cm³/mol. The van der Waals surface area contributed by atoms with E-state index in [1.165, 1.54) is 22.9 Å². The standard InChI is InChI=1S/C30H34N4OS/c1-23(2)26-11-8-24(9-12-26)10-17-29(35)32-30(36)31-27-13-15-28(16-14-27)34-20-18-33(19-21-34)22-25-6-4-3-5-7-25/h3-17,23H,18-22H2,1-2H3,(H2,31,32,35,36)/b17-10+. The molecule has 1 fully saturated rings.